The Morgan fingerprint density at radius 2 is 2.23 bits per heavy atom. The number of allylic oxidation sites excluding steroid dienone is 1. The van der Waals surface area contributed by atoms with Crippen molar-refractivity contribution in [1.29, 1.82) is 0 Å². The standard InChI is InChI=1S/C15H14ClN5S/c1-20-12-4-2-3-5-14(12)22-15(20)17-10-6-7-11-13(8-10)21(9-16)19-18-11/h2-7,15H,8-9H2,1H3. The molecule has 5 nitrogen and oxygen atoms in total. The molecule has 0 spiro atoms. The zero-order valence-corrected chi connectivity index (χ0v) is 13.6. The van der Waals surface area contributed by atoms with Crippen LogP contribution in [-0.2, 0) is 12.4 Å². The second-order valence-corrected chi connectivity index (χ2v) is 6.53. The van der Waals surface area contributed by atoms with Gasteiger partial charge in [-0.15, -0.1) is 16.7 Å². The molecular formula is C15H14ClN5S. The summed E-state index contributed by atoms with van der Waals surface area (Å²) < 4.78 is 1.72. The Morgan fingerprint density at radius 1 is 1.36 bits per heavy atom. The van der Waals surface area contributed by atoms with Crippen LogP contribution in [0.2, 0.25) is 0 Å². The third kappa shape index (κ3) is 2.23. The molecule has 1 unspecified atom stereocenters. The van der Waals surface area contributed by atoms with Gasteiger partial charge in [-0.3, -0.25) is 4.99 Å². The molecule has 1 aromatic carbocycles. The van der Waals surface area contributed by atoms with Gasteiger partial charge in [0.2, 0.25) is 0 Å². The fraction of sp³-hybridized carbons (Fsp3) is 0.267. The number of alkyl halides is 1. The Labute approximate surface area is 137 Å². The van der Waals surface area contributed by atoms with Gasteiger partial charge in [0, 0.05) is 24.1 Å². The summed E-state index contributed by atoms with van der Waals surface area (Å²) in [5.41, 5.74) is 4.24. The van der Waals surface area contributed by atoms with Crippen molar-refractivity contribution in [1.82, 2.24) is 15.0 Å². The normalized spacial score (nSPS) is 21.3. The molecule has 7 heteroatoms. The van der Waals surface area contributed by atoms with E-state index in [4.69, 9.17) is 16.6 Å². The number of hydrogen-bond acceptors (Lipinski definition) is 5. The Balaban J connectivity index is 1.61. The number of fused-ring (bicyclic) bond motifs is 2. The van der Waals surface area contributed by atoms with E-state index in [1.54, 1.807) is 16.4 Å². The molecule has 2 aromatic rings. The molecule has 0 radical (unpaired) electrons. The van der Waals surface area contributed by atoms with Crippen LogP contribution < -0.4 is 4.90 Å². The molecule has 4 rings (SSSR count). The zero-order chi connectivity index (χ0) is 15.1. The van der Waals surface area contributed by atoms with Crippen LogP contribution in [-0.4, -0.2) is 33.3 Å². The lowest BCUT2D eigenvalue weighted by molar-refractivity contribution is 0.672. The van der Waals surface area contributed by atoms with Gasteiger partial charge in [-0.25, -0.2) is 4.68 Å². The van der Waals surface area contributed by atoms with E-state index in [-0.39, 0.29) is 5.50 Å². The lowest BCUT2D eigenvalue weighted by atomic mass is 10.1. The summed E-state index contributed by atoms with van der Waals surface area (Å²) in [6.45, 7) is 0. The molecule has 0 saturated heterocycles. The Morgan fingerprint density at radius 3 is 3.05 bits per heavy atom. The van der Waals surface area contributed by atoms with Crippen LogP contribution in [0.25, 0.3) is 6.08 Å². The molecular weight excluding hydrogens is 318 g/mol. The second-order valence-electron chi connectivity index (χ2n) is 5.19. The molecule has 22 heavy (non-hydrogen) atoms. The van der Waals surface area contributed by atoms with Gasteiger partial charge in [-0.05, 0) is 24.3 Å². The Hall–Kier alpha value is -1.79. The first-order valence-corrected chi connectivity index (χ1v) is 8.39. The summed E-state index contributed by atoms with van der Waals surface area (Å²) in [5.74, 6) is 0. The van der Waals surface area contributed by atoms with Crippen molar-refractivity contribution in [3.05, 3.63) is 41.7 Å². The number of anilines is 1. The Kier molecular flexibility index (Phi) is 3.43. The van der Waals surface area contributed by atoms with Gasteiger partial charge in [0.25, 0.3) is 0 Å². The van der Waals surface area contributed by atoms with Gasteiger partial charge in [0.05, 0.1) is 11.4 Å². The number of thioether (sulfide) groups is 1. The highest BCUT2D eigenvalue weighted by Crippen LogP contribution is 2.42. The fourth-order valence-electron chi connectivity index (χ4n) is 2.66. The smallest absolute Gasteiger partial charge is 0.173 e. The van der Waals surface area contributed by atoms with E-state index >= 15 is 0 Å². The number of para-hydroxylation sites is 1. The van der Waals surface area contributed by atoms with E-state index in [0.29, 0.717) is 12.4 Å². The number of halogens is 1. The maximum Gasteiger partial charge on any atom is 0.173 e. The largest absolute Gasteiger partial charge is 0.343 e. The lowest BCUT2D eigenvalue weighted by Gasteiger charge is -2.19. The number of aromatic nitrogens is 3. The number of hydrogen-bond donors (Lipinski definition) is 0. The SMILES string of the molecule is CN1c2ccccc2SC1N=C1C=Cc2nnn(CCl)c2C1. The van der Waals surface area contributed by atoms with Gasteiger partial charge >= 0.3 is 0 Å². The number of benzene rings is 1. The molecule has 0 N–H and O–H groups in total. The van der Waals surface area contributed by atoms with Crippen LogP contribution >= 0.6 is 23.4 Å². The van der Waals surface area contributed by atoms with E-state index in [2.05, 4.69) is 46.5 Å². The molecule has 1 atom stereocenters. The number of aliphatic imine (C=N–C) groups is 1. The lowest BCUT2D eigenvalue weighted by Crippen LogP contribution is -2.24. The average Bonchev–Trinajstić information content (AvgIpc) is 3.09. The maximum absolute atomic E-state index is 5.89. The van der Waals surface area contributed by atoms with Crippen molar-refractivity contribution in [2.75, 3.05) is 11.9 Å². The predicted molar refractivity (Wildman–Crippen MR) is 90.5 cm³/mol. The van der Waals surface area contributed by atoms with E-state index in [1.165, 1.54) is 10.6 Å². The highest BCUT2D eigenvalue weighted by atomic mass is 35.5. The van der Waals surface area contributed by atoms with Crippen LogP contribution in [0.4, 0.5) is 5.69 Å². The van der Waals surface area contributed by atoms with Crippen LogP contribution in [0.5, 0.6) is 0 Å². The molecule has 1 aliphatic carbocycles. The van der Waals surface area contributed by atoms with Crippen molar-refractivity contribution in [2.45, 2.75) is 22.8 Å². The minimum absolute atomic E-state index is 0.0685. The van der Waals surface area contributed by atoms with E-state index < -0.39 is 0 Å². The minimum Gasteiger partial charge on any atom is -0.343 e. The van der Waals surface area contributed by atoms with E-state index in [1.807, 2.05) is 12.2 Å². The molecule has 1 aromatic heterocycles. The first-order chi connectivity index (χ1) is 10.8. The van der Waals surface area contributed by atoms with Crippen molar-refractivity contribution < 1.29 is 0 Å². The molecule has 2 aliphatic rings. The first-order valence-electron chi connectivity index (χ1n) is 6.98. The fourth-order valence-corrected chi connectivity index (χ4v) is 4.03. The van der Waals surface area contributed by atoms with Crippen molar-refractivity contribution in [2.24, 2.45) is 4.99 Å². The summed E-state index contributed by atoms with van der Waals surface area (Å²) in [6.07, 6.45) is 4.69. The van der Waals surface area contributed by atoms with Gasteiger partial charge in [0.15, 0.2) is 5.50 Å². The topological polar surface area (TPSA) is 46.3 Å². The van der Waals surface area contributed by atoms with Crippen LogP contribution in [0.3, 0.4) is 0 Å². The third-order valence-electron chi connectivity index (χ3n) is 3.85. The summed E-state index contributed by atoms with van der Waals surface area (Å²) in [7, 11) is 2.08. The predicted octanol–water partition coefficient (Wildman–Crippen LogP) is 3.01. The molecule has 2 heterocycles. The molecule has 0 bridgehead atoms. The molecule has 0 amide bonds. The Bertz CT molecular complexity index is 782. The average molecular weight is 332 g/mol. The zero-order valence-electron chi connectivity index (χ0n) is 12.0. The van der Waals surface area contributed by atoms with Crippen molar-refractivity contribution in [3.8, 4) is 0 Å². The van der Waals surface area contributed by atoms with Gasteiger partial charge in [-0.1, -0.05) is 29.1 Å². The van der Waals surface area contributed by atoms with Gasteiger partial charge in [-0.2, -0.15) is 0 Å². The monoisotopic (exact) mass is 331 g/mol. The molecule has 112 valence electrons. The third-order valence-corrected chi connectivity index (χ3v) is 5.31. The second kappa shape index (κ2) is 5.44. The van der Waals surface area contributed by atoms with E-state index in [9.17, 15) is 0 Å². The van der Waals surface area contributed by atoms with E-state index in [0.717, 1.165) is 17.1 Å². The van der Waals surface area contributed by atoms with Crippen molar-refractivity contribution in [3.63, 3.8) is 0 Å². The quantitative estimate of drug-likeness (QED) is 0.794. The molecule has 0 fully saturated rings. The highest BCUT2D eigenvalue weighted by molar-refractivity contribution is 8.00. The number of rotatable bonds is 2. The summed E-state index contributed by atoms with van der Waals surface area (Å²) in [5, 5.41) is 8.16. The van der Waals surface area contributed by atoms with Gasteiger partial charge in [0.1, 0.15) is 11.7 Å². The van der Waals surface area contributed by atoms with Crippen molar-refractivity contribution >= 4 is 40.8 Å². The summed E-state index contributed by atoms with van der Waals surface area (Å²) in [6, 6.07) is 8.70. The van der Waals surface area contributed by atoms with Crippen LogP contribution in [0.15, 0.2) is 40.2 Å². The van der Waals surface area contributed by atoms with Crippen LogP contribution in [0, 0.1) is 0 Å². The minimum atomic E-state index is 0.0685. The first kappa shape index (κ1) is 13.8. The van der Waals surface area contributed by atoms with Gasteiger partial charge < -0.3 is 4.90 Å². The molecule has 1 aliphatic heterocycles. The maximum atomic E-state index is 5.89. The van der Waals surface area contributed by atoms with Crippen LogP contribution in [0.1, 0.15) is 11.4 Å². The summed E-state index contributed by atoms with van der Waals surface area (Å²) >= 11 is 7.66. The summed E-state index contributed by atoms with van der Waals surface area (Å²) in [4.78, 5) is 8.36. The molecule has 0 saturated carbocycles. The highest BCUT2D eigenvalue weighted by Gasteiger charge is 2.27. The number of nitrogens with zero attached hydrogens (tertiary/aromatic N) is 5.